The quantitative estimate of drug-likeness (QED) is 0.705. The second-order valence-corrected chi connectivity index (χ2v) is 6.16. The predicted octanol–water partition coefficient (Wildman–Crippen LogP) is 2.37. The van der Waals surface area contributed by atoms with Crippen molar-refractivity contribution in [1.82, 2.24) is 14.8 Å². The van der Waals surface area contributed by atoms with Crippen LogP contribution in [0.15, 0.2) is 42.7 Å². The minimum Gasteiger partial charge on any atom is -0.377 e. The molecule has 0 bridgehead atoms. The summed E-state index contributed by atoms with van der Waals surface area (Å²) < 4.78 is 7.55. The molecule has 4 rings (SSSR count). The molecule has 134 valence electrons. The summed E-state index contributed by atoms with van der Waals surface area (Å²) in [6, 6.07) is 10.8. The second-order valence-electron chi connectivity index (χ2n) is 6.16. The number of nitrogens with zero attached hydrogens (tertiary/aromatic N) is 4. The Morgan fingerprint density at radius 2 is 1.92 bits per heavy atom. The largest absolute Gasteiger partial charge is 0.377 e. The van der Waals surface area contributed by atoms with Crippen molar-refractivity contribution < 1.29 is 14.3 Å². The Bertz CT molecular complexity index is 914. The maximum atomic E-state index is 8.12. The fourth-order valence-corrected chi connectivity index (χ4v) is 3.08. The number of fused-ring (bicyclic) bond motifs is 1. The van der Waals surface area contributed by atoms with Gasteiger partial charge >= 0.3 is 6.15 Å². The highest BCUT2D eigenvalue weighted by Gasteiger charge is 2.24. The van der Waals surface area contributed by atoms with E-state index < -0.39 is 0 Å². The molecule has 0 saturated carbocycles. The van der Waals surface area contributed by atoms with E-state index in [9.17, 15) is 0 Å². The van der Waals surface area contributed by atoms with Gasteiger partial charge in [-0.25, -0.2) is 4.68 Å². The third-order valence-corrected chi connectivity index (χ3v) is 4.38. The molecule has 0 N–H and O–H groups in total. The average molecular weight is 352 g/mol. The van der Waals surface area contributed by atoms with Gasteiger partial charge in [0.15, 0.2) is 5.82 Å². The SMILES string of the molecule is Cc1ccc(-n2nc(N3CCOCC3C)c3ccncc32)cc1.O=C=O. The number of aryl methyl sites for hydroxylation is 1. The second kappa shape index (κ2) is 7.91. The van der Waals surface area contributed by atoms with E-state index in [4.69, 9.17) is 19.4 Å². The van der Waals surface area contributed by atoms with Crippen LogP contribution < -0.4 is 4.90 Å². The van der Waals surface area contributed by atoms with Gasteiger partial charge < -0.3 is 9.64 Å². The van der Waals surface area contributed by atoms with Gasteiger partial charge in [0.05, 0.1) is 36.7 Å². The first-order chi connectivity index (χ1) is 12.7. The zero-order chi connectivity index (χ0) is 18.5. The Balaban J connectivity index is 0.000000613. The minimum atomic E-state index is 0.250. The van der Waals surface area contributed by atoms with E-state index in [0.29, 0.717) is 6.04 Å². The van der Waals surface area contributed by atoms with Crippen LogP contribution in [0, 0.1) is 6.92 Å². The first-order valence-corrected chi connectivity index (χ1v) is 8.39. The molecule has 0 radical (unpaired) electrons. The van der Waals surface area contributed by atoms with Gasteiger partial charge in [0.1, 0.15) is 0 Å². The monoisotopic (exact) mass is 352 g/mol. The molecule has 26 heavy (non-hydrogen) atoms. The van der Waals surface area contributed by atoms with Crippen molar-refractivity contribution in [2.24, 2.45) is 0 Å². The molecule has 0 aliphatic carbocycles. The van der Waals surface area contributed by atoms with Crippen LogP contribution in [0.5, 0.6) is 0 Å². The number of rotatable bonds is 2. The van der Waals surface area contributed by atoms with Crippen LogP contribution in [0.3, 0.4) is 0 Å². The zero-order valence-corrected chi connectivity index (χ0v) is 14.8. The summed E-state index contributed by atoms with van der Waals surface area (Å²) >= 11 is 0. The first kappa shape index (κ1) is 17.8. The van der Waals surface area contributed by atoms with E-state index in [1.165, 1.54) is 5.56 Å². The molecule has 3 aromatic rings. The summed E-state index contributed by atoms with van der Waals surface area (Å²) in [6.45, 7) is 6.62. The van der Waals surface area contributed by atoms with Gasteiger partial charge in [-0.05, 0) is 32.0 Å². The van der Waals surface area contributed by atoms with Crippen LogP contribution in [-0.4, -0.2) is 46.7 Å². The summed E-state index contributed by atoms with van der Waals surface area (Å²) in [4.78, 5) is 22.9. The number of pyridine rings is 1. The van der Waals surface area contributed by atoms with Crippen LogP contribution in [0.4, 0.5) is 5.82 Å². The lowest BCUT2D eigenvalue weighted by atomic mass is 10.2. The van der Waals surface area contributed by atoms with Gasteiger partial charge in [0.25, 0.3) is 0 Å². The molecule has 2 aromatic heterocycles. The number of morpholine rings is 1. The highest BCUT2D eigenvalue weighted by Crippen LogP contribution is 2.29. The molecule has 1 aromatic carbocycles. The summed E-state index contributed by atoms with van der Waals surface area (Å²) in [6.07, 6.45) is 3.97. The lowest BCUT2D eigenvalue weighted by Crippen LogP contribution is -2.44. The molecule has 0 spiro atoms. The molecule has 1 fully saturated rings. The van der Waals surface area contributed by atoms with Crippen molar-refractivity contribution in [1.29, 1.82) is 0 Å². The maximum absolute atomic E-state index is 8.12. The third kappa shape index (κ3) is 3.49. The molecule has 1 aliphatic rings. The fraction of sp³-hybridized carbons (Fsp3) is 0.316. The van der Waals surface area contributed by atoms with Gasteiger partial charge in [-0.3, -0.25) is 4.98 Å². The summed E-state index contributed by atoms with van der Waals surface area (Å²) in [5.41, 5.74) is 3.33. The number of ether oxygens (including phenoxy) is 1. The van der Waals surface area contributed by atoms with Gasteiger partial charge in [-0.15, -0.1) is 5.10 Å². The highest BCUT2D eigenvalue weighted by atomic mass is 16.5. The topological polar surface area (TPSA) is 77.3 Å². The lowest BCUT2D eigenvalue weighted by molar-refractivity contribution is -0.191. The number of hydrogen-bond donors (Lipinski definition) is 0. The first-order valence-electron chi connectivity index (χ1n) is 8.39. The molecule has 3 heterocycles. The fourth-order valence-electron chi connectivity index (χ4n) is 3.08. The van der Waals surface area contributed by atoms with Crippen LogP contribution in [0.2, 0.25) is 0 Å². The zero-order valence-electron chi connectivity index (χ0n) is 14.8. The molecule has 1 atom stereocenters. The molecule has 0 amide bonds. The van der Waals surface area contributed by atoms with E-state index in [1.54, 1.807) is 0 Å². The van der Waals surface area contributed by atoms with Crippen LogP contribution in [0.1, 0.15) is 12.5 Å². The van der Waals surface area contributed by atoms with E-state index in [-0.39, 0.29) is 6.15 Å². The van der Waals surface area contributed by atoms with Crippen LogP contribution in [0.25, 0.3) is 16.6 Å². The number of hydrogen-bond acceptors (Lipinski definition) is 6. The molecule has 1 saturated heterocycles. The smallest absolute Gasteiger partial charge is 0.373 e. The lowest BCUT2D eigenvalue weighted by Gasteiger charge is -2.33. The number of benzene rings is 1. The van der Waals surface area contributed by atoms with E-state index in [0.717, 1.165) is 42.2 Å². The van der Waals surface area contributed by atoms with Crippen molar-refractivity contribution >= 4 is 22.9 Å². The standard InChI is InChI=1S/C18H20N4O.CO2/c1-13-3-5-15(6-4-13)22-17-11-19-8-7-16(17)18(20-22)21-9-10-23-12-14(21)2;2-1-3/h3-8,11,14H,9-10,12H2,1-2H3;. The highest BCUT2D eigenvalue weighted by molar-refractivity contribution is 5.91. The van der Waals surface area contributed by atoms with Crippen molar-refractivity contribution in [3.63, 3.8) is 0 Å². The molecule has 7 heteroatoms. The molecule has 1 aliphatic heterocycles. The Morgan fingerprint density at radius 1 is 1.19 bits per heavy atom. The third-order valence-electron chi connectivity index (χ3n) is 4.38. The summed E-state index contributed by atoms with van der Waals surface area (Å²) in [5, 5.41) is 6.04. The van der Waals surface area contributed by atoms with E-state index in [2.05, 4.69) is 48.0 Å². The molecular formula is C19H20N4O3. The van der Waals surface area contributed by atoms with Gasteiger partial charge in [-0.1, -0.05) is 17.7 Å². The van der Waals surface area contributed by atoms with Crippen molar-refractivity contribution in [3.8, 4) is 5.69 Å². The number of anilines is 1. The van der Waals surface area contributed by atoms with Crippen molar-refractivity contribution in [3.05, 3.63) is 48.3 Å². The van der Waals surface area contributed by atoms with Gasteiger partial charge in [0, 0.05) is 18.1 Å². The molecule has 1 unspecified atom stereocenters. The Morgan fingerprint density at radius 3 is 2.62 bits per heavy atom. The Hall–Kier alpha value is -3.02. The summed E-state index contributed by atoms with van der Waals surface area (Å²) in [7, 11) is 0. The van der Waals surface area contributed by atoms with Gasteiger partial charge in [0.2, 0.25) is 0 Å². The van der Waals surface area contributed by atoms with Crippen molar-refractivity contribution in [2.45, 2.75) is 19.9 Å². The predicted molar refractivity (Wildman–Crippen MR) is 96.2 cm³/mol. The van der Waals surface area contributed by atoms with Gasteiger partial charge in [-0.2, -0.15) is 9.59 Å². The molecule has 7 nitrogen and oxygen atoms in total. The molecular weight excluding hydrogens is 332 g/mol. The normalized spacial score (nSPS) is 16.7. The van der Waals surface area contributed by atoms with Crippen LogP contribution in [-0.2, 0) is 14.3 Å². The number of aromatic nitrogens is 3. The maximum Gasteiger partial charge on any atom is 0.373 e. The summed E-state index contributed by atoms with van der Waals surface area (Å²) in [5.74, 6) is 1.01. The number of carbonyl (C=O) groups excluding carboxylic acids is 2. The Labute approximate surface area is 151 Å². The Kier molecular flexibility index (Phi) is 5.41. The van der Waals surface area contributed by atoms with E-state index >= 15 is 0 Å². The van der Waals surface area contributed by atoms with Crippen molar-refractivity contribution in [2.75, 3.05) is 24.7 Å². The van der Waals surface area contributed by atoms with E-state index in [1.807, 2.05) is 23.1 Å². The minimum absolute atomic E-state index is 0.250. The average Bonchev–Trinajstić information content (AvgIpc) is 3.03. The van der Waals surface area contributed by atoms with Crippen LogP contribution >= 0.6 is 0 Å².